The van der Waals surface area contributed by atoms with Crippen molar-refractivity contribution >= 4 is 15.9 Å². The van der Waals surface area contributed by atoms with Gasteiger partial charge >= 0.3 is 0 Å². The summed E-state index contributed by atoms with van der Waals surface area (Å²) in [6.07, 6.45) is 1.84. The summed E-state index contributed by atoms with van der Waals surface area (Å²) in [4.78, 5) is 0. The molecule has 1 nitrogen and oxygen atoms in total. The Labute approximate surface area is 111 Å². The monoisotopic (exact) mass is 289 g/mol. The lowest BCUT2D eigenvalue weighted by Gasteiger charge is -2.12. The van der Waals surface area contributed by atoms with Gasteiger partial charge < -0.3 is 5.73 Å². The van der Waals surface area contributed by atoms with E-state index < -0.39 is 0 Å². The Hall–Kier alpha value is -1.12. The zero-order valence-corrected chi connectivity index (χ0v) is 11.2. The molecule has 0 aliphatic carbocycles. The molecule has 0 bridgehead atoms. The molecular weight excluding hydrogens is 274 g/mol. The highest BCUT2D eigenvalue weighted by Crippen LogP contribution is 2.14. The van der Waals surface area contributed by atoms with Gasteiger partial charge in [0.1, 0.15) is 0 Å². The van der Waals surface area contributed by atoms with Crippen molar-refractivity contribution in [1.29, 1.82) is 0 Å². The van der Waals surface area contributed by atoms with Crippen molar-refractivity contribution in [2.24, 2.45) is 5.73 Å². The van der Waals surface area contributed by atoms with Crippen LogP contribution in [0.4, 0.5) is 0 Å². The first-order valence-corrected chi connectivity index (χ1v) is 6.57. The average molecular weight is 290 g/mol. The second-order valence-corrected chi connectivity index (χ2v) is 5.20. The molecule has 2 heteroatoms. The maximum Gasteiger partial charge on any atom is 0.0178 e. The summed E-state index contributed by atoms with van der Waals surface area (Å²) in [6.45, 7) is 0. The van der Waals surface area contributed by atoms with E-state index in [1.165, 1.54) is 11.1 Å². The molecule has 2 rings (SSSR count). The predicted octanol–water partition coefficient (Wildman–Crippen LogP) is 3.56. The molecule has 88 valence electrons. The van der Waals surface area contributed by atoms with E-state index in [1.807, 2.05) is 12.1 Å². The van der Waals surface area contributed by atoms with E-state index in [0.717, 1.165) is 17.3 Å². The van der Waals surface area contributed by atoms with Gasteiger partial charge in [0, 0.05) is 10.5 Å². The average Bonchev–Trinajstić information content (AvgIpc) is 2.30. The smallest absolute Gasteiger partial charge is 0.0178 e. The summed E-state index contributed by atoms with van der Waals surface area (Å²) in [5, 5.41) is 0. The molecule has 2 N–H and O–H groups in total. The Balaban J connectivity index is 1.96. The topological polar surface area (TPSA) is 26.0 Å². The largest absolute Gasteiger partial charge is 0.327 e. The van der Waals surface area contributed by atoms with E-state index in [9.17, 15) is 0 Å². The summed E-state index contributed by atoms with van der Waals surface area (Å²) in [7, 11) is 0. The van der Waals surface area contributed by atoms with Crippen molar-refractivity contribution in [2.75, 3.05) is 0 Å². The van der Waals surface area contributed by atoms with Gasteiger partial charge in [-0.2, -0.15) is 0 Å². The number of hydrogen-bond donors (Lipinski definition) is 1. The molecule has 0 spiro atoms. The number of nitrogens with two attached hydrogens (primary N) is 1. The molecule has 1 atom stereocenters. The SMILES string of the molecule is NC(Cc1ccccc1)Cc1cccc(Br)c1. The van der Waals surface area contributed by atoms with Crippen LogP contribution in [0.25, 0.3) is 0 Å². The van der Waals surface area contributed by atoms with Crippen LogP contribution in [0.5, 0.6) is 0 Å². The van der Waals surface area contributed by atoms with Crippen molar-refractivity contribution in [1.82, 2.24) is 0 Å². The minimum absolute atomic E-state index is 0.173. The van der Waals surface area contributed by atoms with Crippen LogP contribution in [0.15, 0.2) is 59.1 Å². The molecule has 1 unspecified atom stereocenters. The summed E-state index contributed by atoms with van der Waals surface area (Å²) in [5.41, 5.74) is 8.75. The Kier molecular flexibility index (Phi) is 4.35. The molecule has 0 radical (unpaired) electrons. The Morgan fingerprint density at radius 2 is 1.53 bits per heavy atom. The van der Waals surface area contributed by atoms with Gasteiger partial charge in [0.05, 0.1) is 0 Å². The van der Waals surface area contributed by atoms with Crippen LogP contribution < -0.4 is 5.73 Å². The van der Waals surface area contributed by atoms with E-state index in [-0.39, 0.29) is 6.04 Å². The fourth-order valence-corrected chi connectivity index (χ4v) is 2.40. The van der Waals surface area contributed by atoms with Crippen LogP contribution in [-0.2, 0) is 12.8 Å². The second-order valence-electron chi connectivity index (χ2n) is 4.28. The second kappa shape index (κ2) is 5.99. The maximum atomic E-state index is 6.17. The molecule has 0 saturated carbocycles. The summed E-state index contributed by atoms with van der Waals surface area (Å²) < 4.78 is 1.11. The number of rotatable bonds is 4. The van der Waals surface area contributed by atoms with Crippen LogP contribution >= 0.6 is 15.9 Å². The van der Waals surface area contributed by atoms with E-state index in [1.54, 1.807) is 0 Å². The number of hydrogen-bond acceptors (Lipinski definition) is 1. The third kappa shape index (κ3) is 3.99. The van der Waals surface area contributed by atoms with Gasteiger partial charge in [-0.1, -0.05) is 58.4 Å². The van der Waals surface area contributed by atoms with Crippen LogP contribution in [-0.4, -0.2) is 6.04 Å². The molecule has 0 aromatic heterocycles. The van der Waals surface area contributed by atoms with E-state index in [0.29, 0.717) is 0 Å². The Morgan fingerprint density at radius 1 is 0.882 bits per heavy atom. The summed E-state index contributed by atoms with van der Waals surface area (Å²) in [5.74, 6) is 0. The van der Waals surface area contributed by atoms with Crippen LogP contribution in [0, 0.1) is 0 Å². The highest BCUT2D eigenvalue weighted by atomic mass is 79.9. The molecule has 17 heavy (non-hydrogen) atoms. The minimum atomic E-state index is 0.173. The van der Waals surface area contributed by atoms with Gasteiger partial charge in [-0.3, -0.25) is 0 Å². The molecule has 0 aliphatic rings. The van der Waals surface area contributed by atoms with Crippen molar-refractivity contribution in [3.8, 4) is 0 Å². The lowest BCUT2D eigenvalue weighted by atomic mass is 10.00. The first-order valence-electron chi connectivity index (χ1n) is 5.78. The minimum Gasteiger partial charge on any atom is -0.327 e. The Morgan fingerprint density at radius 3 is 2.24 bits per heavy atom. The fraction of sp³-hybridized carbons (Fsp3) is 0.200. The standard InChI is InChI=1S/C15H16BrN/c16-14-8-4-7-13(9-14)11-15(17)10-12-5-2-1-3-6-12/h1-9,15H,10-11,17H2. The highest BCUT2D eigenvalue weighted by Gasteiger charge is 2.05. The van der Waals surface area contributed by atoms with Crippen molar-refractivity contribution in [3.05, 3.63) is 70.2 Å². The zero-order valence-electron chi connectivity index (χ0n) is 9.64. The van der Waals surface area contributed by atoms with Gasteiger partial charge in [-0.15, -0.1) is 0 Å². The van der Waals surface area contributed by atoms with E-state index in [4.69, 9.17) is 5.73 Å². The zero-order chi connectivity index (χ0) is 12.1. The van der Waals surface area contributed by atoms with Gasteiger partial charge in [0.15, 0.2) is 0 Å². The van der Waals surface area contributed by atoms with Gasteiger partial charge in [0.25, 0.3) is 0 Å². The molecule has 0 amide bonds. The molecular formula is C15H16BrN. The van der Waals surface area contributed by atoms with Crippen LogP contribution in [0.2, 0.25) is 0 Å². The van der Waals surface area contributed by atoms with Crippen molar-refractivity contribution < 1.29 is 0 Å². The van der Waals surface area contributed by atoms with Gasteiger partial charge in [-0.05, 0) is 36.1 Å². The third-order valence-electron chi connectivity index (χ3n) is 2.73. The summed E-state index contributed by atoms with van der Waals surface area (Å²) in [6, 6.07) is 18.9. The first-order chi connectivity index (χ1) is 8.24. The van der Waals surface area contributed by atoms with Crippen LogP contribution in [0.1, 0.15) is 11.1 Å². The lowest BCUT2D eigenvalue weighted by molar-refractivity contribution is 0.664. The third-order valence-corrected chi connectivity index (χ3v) is 3.22. The molecule has 0 fully saturated rings. The van der Waals surface area contributed by atoms with Gasteiger partial charge in [-0.25, -0.2) is 0 Å². The summed E-state index contributed by atoms with van der Waals surface area (Å²) >= 11 is 3.48. The number of halogens is 1. The number of benzene rings is 2. The molecule has 2 aromatic carbocycles. The van der Waals surface area contributed by atoms with E-state index in [2.05, 4.69) is 58.4 Å². The molecule has 2 aromatic rings. The van der Waals surface area contributed by atoms with Crippen LogP contribution in [0.3, 0.4) is 0 Å². The normalized spacial score (nSPS) is 12.4. The Bertz CT molecular complexity index is 467. The highest BCUT2D eigenvalue weighted by molar-refractivity contribution is 9.10. The molecule has 0 aliphatic heterocycles. The van der Waals surface area contributed by atoms with E-state index >= 15 is 0 Å². The first kappa shape index (κ1) is 12.3. The maximum absolute atomic E-state index is 6.17. The molecule has 0 saturated heterocycles. The predicted molar refractivity (Wildman–Crippen MR) is 76.0 cm³/mol. The quantitative estimate of drug-likeness (QED) is 0.915. The van der Waals surface area contributed by atoms with Crippen molar-refractivity contribution in [2.45, 2.75) is 18.9 Å². The lowest BCUT2D eigenvalue weighted by Crippen LogP contribution is -2.25. The molecule has 0 heterocycles. The van der Waals surface area contributed by atoms with Crippen molar-refractivity contribution in [3.63, 3.8) is 0 Å². The van der Waals surface area contributed by atoms with Gasteiger partial charge in [0.2, 0.25) is 0 Å². The fourth-order valence-electron chi connectivity index (χ4n) is 1.96.